The number of thioether (sulfide) groups is 1. The highest BCUT2D eigenvalue weighted by Crippen LogP contribution is 2.48. The van der Waals surface area contributed by atoms with Gasteiger partial charge in [-0.1, -0.05) is 0 Å². The second-order valence-corrected chi connectivity index (χ2v) is 6.14. The molecule has 0 spiro atoms. The van der Waals surface area contributed by atoms with E-state index in [1.807, 2.05) is 6.92 Å². The summed E-state index contributed by atoms with van der Waals surface area (Å²) >= 11 is 2.09. The van der Waals surface area contributed by atoms with Gasteiger partial charge in [-0.05, 0) is 39.0 Å². The summed E-state index contributed by atoms with van der Waals surface area (Å²) in [5.41, 5.74) is -0.410. The summed E-state index contributed by atoms with van der Waals surface area (Å²) in [5.74, 6) is 0. The molecule has 82 valence electrons. The molecule has 2 rings (SSSR count). The lowest BCUT2D eigenvalue weighted by Crippen LogP contribution is -2.38. The third kappa shape index (κ3) is 2.44. The maximum atomic E-state index is 10.4. The van der Waals surface area contributed by atoms with Gasteiger partial charge in [0.15, 0.2) is 0 Å². The molecular weight excluding hydrogens is 196 g/mol. The van der Waals surface area contributed by atoms with E-state index in [1.54, 1.807) is 0 Å². The van der Waals surface area contributed by atoms with Crippen LogP contribution in [0, 0.1) is 0 Å². The van der Waals surface area contributed by atoms with E-state index in [0.29, 0.717) is 0 Å². The lowest BCUT2D eigenvalue weighted by molar-refractivity contribution is -0.0108. The monoisotopic (exact) mass is 216 g/mol. The zero-order chi connectivity index (χ0) is 10.0. The molecule has 2 unspecified atom stereocenters. The maximum Gasteiger partial charge on any atom is 0.0690 e. The van der Waals surface area contributed by atoms with Crippen LogP contribution < -0.4 is 0 Å². The highest BCUT2D eigenvalue weighted by atomic mass is 32.2. The van der Waals surface area contributed by atoms with E-state index in [-0.39, 0.29) is 0 Å². The molecule has 0 amide bonds. The predicted octanol–water partition coefficient (Wildman–Crippen LogP) is 2.20. The van der Waals surface area contributed by atoms with Crippen molar-refractivity contribution in [1.82, 2.24) is 0 Å². The molecule has 1 N–H and O–H groups in total. The number of ether oxygens (including phenoxy) is 1. The minimum Gasteiger partial charge on any atom is -0.390 e. The number of fused-ring (bicyclic) bond motifs is 2. The predicted molar refractivity (Wildman–Crippen MR) is 59.7 cm³/mol. The Morgan fingerprint density at radius 1 is 1.36 bits per heavy atom. The number of hydrogen-bond donors (Lipinski definition) is 1. The van der Waals surface area contributed by atoms with Gasteiger partial charge in [0.05, 0.1) is 5.60 Å². The zero-order valence-corrected chi connectivity index (χ0v) is 9.68. The Balaban J connectivity index is 1.83. The van der Waals surface area contributed by atoms with Gasteiger partial charge in [0.1, 0.15) is 0 Å². The van der Waals surface area contributed by atoms with E-state index in [9.17, 15) is 5.11 Å². The zero-order valence-electron chi connectivity index (χ0n) is 8.87. The Kier molecular flexibility index (Phi) is 3.40. The first kappa shape index (κ1) is 10.8. The minimum absolute atomic E-state index is 0.410. The summed E-state index contributed by atoms with van der Waals surface area (Å²) in [4.78, 5) is 0. The smallest absolute Gasteiger partial charge is 0.0690 e. The van der Waals surface area contributed by atoms with Crippen LogP contribution in [0.5, 0.6) is 0 Å². The van der Waals surface area contributed by atoms with E-state index >= 15 is 0 Å². The van der Waals surface area contributed by atoms with Crippen molar-refractivity contribution in [3.8, 4) is 0 Å². The van der Waals surface area contributed by atoms with E-state index in [0.717, 1.165) is 43.0 Å². The highest BCUT2D eigenvalue weighted by Gasteiger charge is 2.42. The van der Waals surface area contributed by atoms with Gasteiger partial charge >= 0.3 is 0 Å². The Morgan fingerprint density at radius 3 is 2.57 bits per heavy atom. The molecule has 14 heavy (non-hydrogen) atoms. The summed E-state index contributed by atoms with van der Waals surface area (Å²) in [6, 6.07) is 0. The molecule has 2 aliphatic heterocycles. The molecule has 0 aromatic rings. The second kappa shape index (κ2) is 4.42. The van der Waals surface area contributed by atoms with Gasteiger partial charge in [-0.2, -0.15) is 11.8 Å². The largest absolute Gasteiger partial charge is 0.390 e. The first-order chi connectivity index (χ1) is 6.72. The van der Waals surface area contributed by atoms with E-state index < -0.39 is 5.60 Å². The minimum atomic E-state index is -0.410. The number of rotatable bonds is 4. The van der Waals surface area contributed by atoms with Crippen molar-refractivity contribution in [3.05, 3.63) is 0 Å². The average molecular weight is 216 g/mol. The van der Waals surface area contributed by atoms with Crippen molar-refractivity contribution >= 4 is 11.8 Å². The third-order valence-electron chi connectivity index (χ3n) is 3.33. The fourth-order valence-electron chi connectivity index (χ4n) is 2.62. The Morgan fingerprint density at radius 2 is 2.00 bits per heavy atom. The summed E-state index contributed by atoms with van der Waals surface area (Å²) in [7, 11) is 0. The van der Waals surface area contributed by atoms with Crippen molar-refractivity contribution in [2.24, 2.45) is 0 Å². The number of hydrogen-bond acceptors (Lipinski definition) is 3. The molecule has 2 nitrogen and oxygen atoms in total. The van der Waals surface area contributed by atoms with Crippen LogP contribution >= 0.6 is 11.8 Å². The summed E-state index contributed by atoms with van der Waals surface area (Å²) in [6.07, 6.45) is 5.43. The maximum absolute atomic E-state index is 10.4. The van der Waals surface area contributed by atoms with Crippen LogP contribution in [0.15, 0.2) is 0 Å². The quantitative estimate of drug-likeness (QED) is 0.731. The van der Waals surface area contributed by atoms with E-state index in [4.69, 9.17) is 4.74 Å². The molecule has 0 saturated carbocycles. The normalized spacial score (nSPS) is 41.6. The molecule has 3 heteroatoms. The van der Waals surface area contributed by atoms with Gasteiger partial charge in [-0.3, -0.25) is 0 Å². The third-order valence-corrected chi connectivity index (χ3v) is 4.90. The molecular formula is C11H20O2S. The highest BCUT2D eigenvalue weighted by molar-refractivity contribution is 8.00. The van der Waals surface area contributed by atoms with E-state index in [1.165, 1.54) is 12.8 Å². The van der Waals surface area contributed by atoms with Gasteiger partial charge < -0.3 is 9.84 Å². The van der Waals surface area contributed by atoms with E-state index in [2.05, 4.69) is 11.8 Å². The average Bonchev–Trinajstić information content (AvgIpc) is 2.46. The van der Waals surface area contributed by atoms with Crippen LogP contribution in [0.3, 0.4) is 0 Å². The van der Waals surface area contributed by atoms with Crippen molar-refractivity contribution in [1.29, 1.82) is 0 Å². The summed E-state index contributed by atoms with van der Waals surface area (Å²) in [5, 5.41) is 11.8. The van der Waals surface area contributed by atoms with Crippen LogP contribution in [0.25, 0.3) is 0 Å². The summed E-state index contributed by atoms with van der Waals surface area (Å²) < 4.78 is 5.33. The summed E-state index contributed by atoms with van der Waals surface area (Å²) in [6.45, 7) is 3.49. The molecule has 0 aromatic heterocycles. The molecule has 0 radical (unpaired) electrons. The van der Waals surface area contributed by atoms with Crippen molar-refractivity contribution < 1.29 is 9.84 Å². The molecule has 0 aromatic carbocycles. The molecule has 2 aliphatic rings. The topological polar surface area (TPSA) is 29.5 Å². The van der Waals surface area contributed by atoms with Gasteiger partial charge in [0.25, 0.3) is 0 Å². The van der Waals surface area contributed by atoms with Gasteiger partial charge in [-0.25, -0.2) is 0 Å². The van der Waals surface area contributed by atoms with Gasteiger partial charge in [0.2, 0.25) is 0 Å². The van der Waals surface area contributed by atoms with Crippen LogP contribution in [0.1, 0.15) is 39.0 Å². The number of aliphatic hydroxyl groups is 1. The molecule has 0 aliphatic carbocycles. The van der Waals surface area contributed by atoms with Crippen molar-refractivity contribution in [3.63, 3.8) is 0 Å². The first-order valence-corrected chi connectivity index (χ1v) is 6.62. The van der Waals surface area contributed by atoms with Crippen LogP contribution in [0.2, 0.25) is 0 Å². The molecule has 2 saturated heterocycles. The van der Waals surface area contributed by atoms with Crippen LogP contribution in [-0.2, 0) is 4.74 Å². The lowest BCUT2D eigenvalue weighted by atomic mass is 9.90. The van der Waals surface area contributed by atoms with Crippen molar-refractivity contribution in [2.75, 3.05) is 13.2 Å². The molecule has 2 bridgehead atoms. The van der Waals surface area contributed by atoms with Crippen molar-refractivity contribution in [2.45, 2.75) is 55.1 Å². The fourth-order valence-corrected chi connectivity index (χ4v) is 4.52. The Hall–Kier alpha value is 0.270. The first-order valence-electron chi connectivity index (χ1n) is 5.67. The Labute approximate surface area is 90.4 Å². The standard InChI is InChI=1S/C11H20O2S/c1-2-13-6-5-11(12)7-9-3-4-10(8-11)14-9/h9-10,12H,2-8H2,1H3. The van der Waals surface area contributed by atoms with Gasteiger partial charge in [0, 0.05) is 23.7 Å². The molecule has 2 heterocycles. The lowest BCUT2D eigenvalue weighted by Gasteiger charge is -2.35. The second-order valence-electron chi connectivity index (χ2n) is 4.54. The van der Waals surface area contributed by atoms with Gasteiger partial charge in [-0.15, -0.1) is 0 Å². The fraction of sp³-hybridized carbons (Fsp3) is 1.00. The van der Waals surface area contributed by atoms with Crippen LogP contribution in [0.4, 0.5) is 0 Å². The molecule has 2 atom stereocenters. The SMILES string of the molecule is CCOCCC1(O)CC2CCC(C1)S2. The van der Waals surface area contributed by atoms with Crippen LogP contribution in [-0.4, -0.2) is 34.4 Å². The molecule has 2 fully saturated rings. The Bertz CT molecular complexity index is 184.